The van der Waals surface area contributed by atoms with E-state index in [1.54, 1.807) is 0 Å². The van der Waals surface area contributed by atoms with Crippen LogP contribution in [0.2, 0.25) is 0 Å². The van der Waals surface area contributed by atoms with Crippen molar-refractivity contribution in [2.45, 2.75) is 57.5 Å². The quantitative estimate of drug-likeness (QED) is 0.537. The summed E-state index contributed by atoms with van der Waals surface area (Å²) in [5.74, 6) is 1.04. The highest BCUT2D eigenvalue weighted by Crippen LogP contribution is 2.19. The number of nitrogens with one attached hydrogen (secondary N) is 1. The molecule has 1 atom stereocenters. The zero-order valence-electron chi connectivity index (χ0n) is 11.0. The van der Waals surface area contributed by atoms with Gasteiger partial charge in [-0.3, -0.25) is 4.79 Å². The molecule has 1 rings (SSSR count). The topological polar surface area (TPSA) is 38.3 Å². The van der Waals surface area contributed by atoms with Gasteiger partial charge >= 0.3 is 5.97 Å². The molecule has 0 saturated heterocycles. The highest BCUT2D eigenvalue weighted by atomic mass is 32.2. The van der Waals surface area contributed by atoms with Crippen molar-refractivity contribution >= 4 is 17.7 Å². The van der Waals surface area contributed by atoms with Gasteiger partial charge in [0.2, 0.25) is 0 Å². The highest BCUT2D eigenvalue weighted by molar-refractivity contribution is 7.98. The summed E-state index contributed by atoms with van der Waals surface area (Å²) >= 11 is 1.83. The number of esters is 1. The molecule has 0 aromatic carbocycles. The zero-order valence-corrected chi connectivity index (χ0v) is 11.9. The minimum absolute atomic E-state index is 0.0690. The van der Waals surface area contributed by atoms with Gasteiger partial charge in [-0.15, -0.1) is 0 Å². The Kier molecular flexibility index (Phi) is 7.69. The summed E-state index contributed by atoms with van der Waals surface area (Å²) in [5, 5.41) is 3.48. The Morgan fingerprint density at radius 2 is 2.18 bits per heavy atom. The molecule has 1 fully saturated rings. The average Bonchev–Trinajstić information content (AvgIpc) is 2.81. The predicted molar refractivity (Wildman–Crippen MR) is 73.4 cm³/mol. The Labute approximate surface area is 109 Å². The largest absolute Gasteiger partial charge is 0.465 e. The molecule has 100 valence electrons. The fourth-order valence-electron chi connectivity index (χ4n) is 2.32. The van der Waals surface area contributed by atoms with E-state index in [0.717, 1.165) is 18.6 Å². The van der Waals surface area contributed by atoms with Gasteiger partial charge in [0.15, 0.2) is 0 Å². The molecular weight excluding hydrogens is 234 g/mol. The van der Waals surface area contributed by atoms with Crippen LogP contribution in [0, 0.1) is 0 Å². The van der Waals surface area contributed by atoms with Crippen LogP contribution in [-0.2, 0) is 9.53 Å². The molecule has 1 saturated carbocycles. The lowest BCUT2D eigenvalue weighted by atomic mass is 10.1. The van der Waals surface area contributed by atoms with E-state index < -0.39 is 0 Å². The van der Waals surface area contributed by atoms with Crippen molar-refractivity contribution in [2.75, 3.05) is 18.6 Å². The number of thioether (sulfide) groups is 1. The summed E-state index contributed by atoms with van der Waals surface area (Å²) in [7, 11) is 0. The van der Waals surface area contributed by atoms with E-state index in [-0.39, 0.29) is 12.0 Å². The molecule has 0 bridgehead atoms. The standard InChI is InChI=1S/C13H25NO2S/c1-3-16-13(15)12(9-6-10-17-2)14-11-7-4-5-8-11/h11-12,14H,3-10H2,1-2H3. The van der Waals surface area contributed by atoms with Crippen LogP contribution in [0.15, 0.2) is 0 Å². The van der Waals surface area contributed by atoms with Crippen LogP contribution >= 0.6 is 11.8 Å². The van der Waals surface area contributed by atoms with Gasteiger partial charge in [0.05, 0.1) is 6.61 Å². The van der Waals surface area contributed by atoms with Gasteiger partial charge in [-0.25, -0.2) is 0 Å². The normalized spacial score (nSPS) is 18.2. The molecule has 1 aliphatic carbocycles. The molecule has 0 radical (unpaired) electrons. The molecule has 0 aliphatic heterocycles. The molecule has 0 spiro atoms. The van der Waals surface area contributed by atoms with Crippen molar-refractivity contribution in [1.29, 1.82) is 0 Å². The summed E-state index contributed by atoms with van der Waals surface area (Å²) < 4.78 is 5.14. The van der Waals surface area contributed by atoms with Crippen molar-refractivity contribution < 1.29 is 9.53 Å². The van der Waals surface area contributed by atoms with E-state index >= 15 is 0 Å². The maximum Gasteiger partial charge on any atom is 0.323 e. The Balaban J connectivity index is 2.36. The van der Waals surface area contributed by atoms with Crippen molar-refractivity contribution in [3.63, 3.8) is 0 Å². The molecule has 4 heteroatoms. The monoisotopic (exact) mass is 259 g/mol. The first-order chi connectivity index (χ1) is 8.27. The molecule has 1 unspecified atom stereocenters. The van der Waals surface area contributed by atoms with Gasteiger partial charge < -0.3 is 10.1 Å². The molecule has 0 aromatic heterocycles. The van der Waals surface area contributed by atoms with E-state index in [1.807, 2.05) is 18.7 Å². The molecule has 1 aliphatic rings. The first-order valence-corrected chi connectivity index (χ1v) is 8.09. The third-order valence-electron chi connectivity index (χ3n) is 3.20. The SMILES string of the molecule is CCOC(=O)C(CCCSC)NC1CCCC1. The van der Waals surface area contributed by atoms with Crippen LogP contribution in [0.5, 0.6) is 0 Å². The molecule has 1 N–H and O–H groups in total. The average molecular weight is 259 g/mol. The fraction of sp³-hybridized carbons (Fsp3) is 0.923. The van der Waals surface area contributed by atoms with E-state index in [0.29, 0.717) is 12.6 Å². The second kappa shape index (κ2) is 8.81. The number of hydrogen-bond donors (Lipinski definition) is 1. The third kappa shape index (κ3) is 5.77. The van der Waals surface area contributed by atoms with E-state index in [4.69, 9.17) is 4.74 Å². The van der Waals surface area contributed by atoms with Gasteiger partial charge in [-0.2, -0.15) is 11.8 Å². The van der Waals surface area contributed by atoms with E-state index in [1.165, 1.54) is 25.7 Å². The maximum atomic E-state index is 11.8. The van der Waals surface area contributed by atoms with Gasteiger partial charge in [-0.05, 0) is 44.6 Å². The fourth-order valence-corrected chi connectivity index (χ4v) is 2.78. The van der Waals surface area contributed by atoms with Crippen LogP contribution in [0.3, 0.4) is 0 Å². The Bertz CT molecular complexity index is 217. The molecule has 0 aromatic rings. The molecule has 17 heavy (non-hydrogen) atoms. The lowest BCUT2D eigenvalue weighted by Gasteiger charge is -2.21. The third-order valence-corrected chi connectivity index (χ3v) is 3.90. The maximum absolute atomic E-state index is 11.8. The number of ether oxygens (including phenoxy) is 1. The summed E-state index contributed by atoms with van der Waals surface area (Å²) in [5.41, 5.74) is 0. The molecule has 3 nitrogen and oxygen atoms in total. The number of carbonyl (C=O) groups is 1. The van der Waals surface area contributed by atoms with Crippen LogP contribution in [0.4, 0.5) is 0 Å². The Hall–Kier alpha value is -0.220. The summed E-state index contributed by atoms with van der Waals surface area (Å²) in [4.78, 5) is 11.8. The molecule has 0 heterocycles. The highest BCUT2D eigenvalue weighted by Gasteiger charge is 2.24. The number of rotatable bonds is 8. The van der Waals surface area contributed by atoms with Crippen molar-refractivity contribution in [1.82, 2.24) is 5.32 Å². The first-order valence-electron chi connectivity index (χ1n) is 6.69. The van der Waals surface area contributed by atoms with Gasteiger partial charge in [0.25, 0.3) is 0 Å². The van der Waals surface area contributed by atoms with E-state index in [2.05, 4.69) is 11.6 Å². The lowest BCUT2D eigenvalue weighted by Crippen LogP contribution is -2.43. The minimum Gasteiger partial charge on any atom is -0.465 e. The van der Waals surface area contributed by atoms with Gasteiger partial charge in [-0.1, -0.05) is 12.8 Å². The first kappa shape index (κ1) is 14.8. The second-order valence-corrected chi connectivity index (χ2v) is 5.57. The summed E-state index contributed by atoms with van der Waals surface area (Å²) in [6, 6.07) is 0.434. The van der Waals surface area contributed by atoms with Gasteiger partial charge in [0.1, 0.15) is 6.04 Å². The zero-order chi connectivity index (χ0) is 12.5. The Morgan fingerprint density at radius 3 is 2.76 bits per heavy atom. The number of hydrogen-bond acceptors (Lipinski definition) is 4. The van der Waals surface area contributed by atoms with Crippen LogP contribution in [0.1, 0.15) is 45.4 Å². The Morgan fingerprint density at radius 1 is 1.47 bits per heavy atom. The van der Waals surface area contributed by atoms with E-state index in [9.17, 15) is 4.79 Å². The van der Waals surface area contributed by atoms with Crippen LogP contribution in [0.25, 0.3) is 0 Å². The predicted octanol–water partition coefficient (Wildman–Crippen LogP) is 2.59. The smallest absolute Gasteiger partial charge is 0.323 e. The second-order valence-electron chi connectivity index (χ2n) is 4.59. The summed E-state index contributed by atoms with van der Waals surface area (Å²) in [6.07, 6.45) is 9.07. The van der Waals surface area contributed by atoms with Gasteiger partial charge in [0, 0.05) is 6.04 Å². The van der Waals surface area contributed by atoms with Crippen molar-refractivity contribution in [3.8, 4) is 0 Å². The van der Waals surface area contributed by atoms with Crippen molar-refractivity contribution in [2.24, 2.45) is 0 Å². The molecule has 0 amide bonds. The molecular formula is C13H25NO2S. The van der Waals surface area contributed by atoms with Crippen LogP contribution in [-0.4, -0.2) is 36.7 Å². The number of carbonyl (C=O) groups excluding carboxylic acids is 1. The minimum atomic E-state index is -0.0924. The summed E-state index contributed by atoms with van der Waals surface area (Å²) in [6.45, 7) is 2.34. The lowest BCUT2D eigenvalue weighted by molar-refractivity contribution is -0.146. The van der Waals surface area contributed by atoms with Crippen molar-refractivity contribution in [3.05, 3.63) is 0 Å². The van der Waals surface area contributed by atoms with Crippen LogP contribution < -0.4 is 5.32 Å².